The molecular formula is C32H36N8O. The number of nitrogens with one attached hydrogen (secondary N) is 3. The number of aromatic nitrogens is 4. The standard InChI is InChI=1S/C32H36N8O/c1-5-22(2)34-32(41)36-26-13-9-11-24(21-26)29-30(40-18-7-6-14-28(40)38-29)27-15-17-33-31(37-27)35-25-12-8-10-23(20-25)16-19-39(3)4/h6-15,17-18,20-22H,5,16,19H2,1-4H3,(H,33,35,37)(H2,34,36,41). The van der Waals surface area contributed by atoms with Gasteiger partial charge in [-0.25, -0.2) is 19.7 Å². The molecule has 210 valence electrons. The van der Waals surface area contributed by atoms with Gasteiger partial charge in [-0.2, -0.15) is 0 Å². The Hall–Kier alpha value is -4.76. The molecule has 2 aromatic carbocycles. The fraction of sp³-hybridized carbons (Fsp3) is 0.250. The molecule has 3 aromatic heterocycles. The molecule has 1 unspecified atom stereocenters. The fourth-order valence-electron chi connectivity index (χ4n) is 4.52. The number of hydrogen-bond donors (Lipinski definition) is 3. The van der Waals surface area contributed by atoms with Crippen LogP contribution in [-0.4, -0.2) is 57.0 Å². The zero-order valence-corrected chi connectivity index (χ0v) is 23.9. The molecule has 3 N–H and O–H groups in total. The summed E-state index contributed by atoms with van der Waals surface area (Å²) in [5.74, 6) is 0.501. The van der Waals surface area contributed by atoms with Crippen LogP contribution in [0.4, 0.5) is 22.1 Å². The van der Waals surface area contributed by atoms with Gasteiger partial charge in [0.1, 0.15) is 5.65 Å². The van der Waals surface area contributed by atoms with Crippen molar-refractivity contribution in [3.8, 4) is 22.6 Å². The summed E-state index contributed by atoms with van der Waals surface area (Å²) in [7, 11) is 4.15. The van der Waals surface area contributed by atoms with E-state index in [4.69, 9.17) is 9.97 Å². The number of likely N-dealkylation sites (N-methyl/N-ethyl adjacent to an activating group) is 1. The number of carbonyl (C=O) groups is 1. The zero-order chi connectivity index (χ0) is 28.8. The van der Waals surface area contributed by atoms with Gasteiger partial charge in [-0.15, -0.1) is 0 Å². The minimum Gasteiger partial charge on any atom is -0.335 e. The number of carbonyl (C=O) groups excluding carboxylic acids is 1. The number of amides is 2. The van der Waals surface area contributed by atoms with Crippen molar-refractivity contribution < 1.29 is 4.79 Å². The molecule has 0 fully saturated rings. The lowest BCUT2D eigenvalue weighted by molar-refractivity contribution is 0.249. The highest BCUT2D eigenvalue weighted by molar-refractivity contribution is 5.91. The van der Waals surface area contributed by atoms with Gasteiger partial charge in [0.25, 0.3) is 0 Å². The number of imidazole rings is 1. The third kappa shape index (κ3) is 6.88. The molecule has 0 aliphatic heterocycles. The molecule has 2 amide bonds. The minimum absolute atomic E-state index is 0.0873. The summed E-state index contributed by atoms with van der Waals surface area (Å²) in [6, 6.07) is 23.7. The van der Waals surface area contributed by atoms with Crippen molar-refractivity contribution in [1.29, 1.82) is 0 Å². The molecule has 5 aromatic rings. The van der Waals surface area contributed by atoms with Crippen LogP contribution in [0.5, 0.6) is 0 Å². The van der Waals surface area contributed by atoms with E-state index in [1.54, 1.807) is 6.20 Å². The molecule has 0 radical (unpaired) electrons. The second-order valence-electron chi connectivity index (χ2n) is 10.4. The molecule has 0 aliphatic carbocycles. The lowest BCUT2D eigenvalue weighted by Crippen LogP contribution is -2.35. The maximum Gasteiger partial charge on any atom is 0.319 e. The Morgan fingerprint density at radius 1 is 0.976 bits per heavy atom. The third-order valence-corrected chi connectivity index (χ3v) is 6.84. The van der Waals surface area contributed by atoms with Gasteiger partial charge in [0.2, 0.25) is 5.95 Å². The number of fused-ring (bicyclic) bond motifs is 1. The van der Waals surface area contributed by atoms with Crippen LogP contribution in [-0.2, 0) is 6.42 Å². The largest absolute Gasteiger partial charge is 0.335 e. The molecule has 0 bridgehead atoms. The lowest BCUT2D eigenvalue weighted by Gasteiger charge is -2.13. The molecule has 5 rings (SSSR count). The Bertz CT molecular complexity index is 1640. The van der Waals surface area contributed by atoms with Crippen molar-refractivity contribution in [3.63, 3.8) is 0 Å². The van der Waals surface area contributed by atoms with Gasteiger partial charge in [0, 0.05) is 41.9 Å². The number of pyridine rings is 1. The summed E-state index contributed by atoms with van der Waals surface area (Å²) < 4.78 is 2.03. The minimum atomic E-state index is -0.232. The summed E-state index contributed by atoms with van der Waals surface area (Å²) in [5, 5.41) is 9.26. The van der Waals surface area contributed by atoms with Crippen molar-refractivity contribution in [2.45, 2.75) is 32.7 Å². The van der Waals surface area contributed by atoms with E-state index in [0.29, 0.717) is 11.6 Å². The van der Waals surface area contributed by atoms with Crippen molar-refractivity contribution in [1.82, 2.24) is 29.6 Å². The van der Waals surface area contributed by atoms with Gasteiger partial charge in [0.15, 0.2) is 0 Å². The van der Waals surface area contributed by atoms with Crippen molar-refractivity contribution in [3.05, 3.63) is 90.8 Å². The van der Waals surface area contributed by atoms with Gasteiger partial charge >= 0.3 is 6.03 Å². The smallest absolute Gasteiger partial charge is 0.319 e. The van der Waals surface area contributed by atoms with E-state index < -0.39 is 0 Å². The van der Waals surface area contributed by atoms with Gasteiger partial charge in [-0.3, -0.25) is 4.40 Å². The Labute approximate surface area is 240 Å². The molecular weight excluding hydrogens is 512 g/mol. The van der Waals surface area contributed by atoms with E-state index in [1.165, 1.54) is 5.56 Å². The van der Waals surface area contributed by atoms with Gasteiger partial charge in [-0.05, 0) is 81.9 Å². The van der Waals surface area contributed by atoms with Gasteiger partial charge < -0.3 is 20.9 Å². The third-order valence-electron chi connectivity index (χ3n) is 6.84. The molecule has 41 heavy (non-hydrogen) atoms. The predicted molar refractivity (Wildman–Crippen MR) is 166 cm³/mol. The Morgan fingerprint density at radius 3 is 2.63 bits per heavy atom. The van der Waals surface area contributed by atoms with E-state index in [1.807, 2.05) is 85.1 Å². The average Bonchev–Trinajstić information content (AvgIpc) is 3.36. The summed E-state index contributed by atoms with van der Waals surface area (Å²) in [6.45, 7) is 4.99. The second kappa shape index (κ2) is 12.6. The maximum absolute atomic E-state index is 12.5. The summed E-state index contributed by atoms with van der Waals surface area (Å²) in [5.41, 5.74) is 6.86. The van der Waals surface area contributed by atoms with Crippen molar-refractivity contribution in [2.75, 3.05) is 31.3 Å². The van der Waals surface area contributed by atoms with Crippen LogP contribution in [0.15, 0.2) is 85.2 Å². The Morgan fingerprint density at radius 2 is 1.80 bits per heavy atom. The number of nitrogens with zero attached hydrogens (tertiary/aromatic N) is 5. The normalized spacial score (nSPS) is 11.9. The van der Waals surface area contributed by atoms with Crippen LogP contribution in [0.1, 0.15) is 25.8 Å². The van der Waals surface area contributed by atoms with E-state index in [-0.39, 0.29) is 12.1 Å². The number of rotatable bonds is 10. The van der Waals surface area contributed by atoms with Crippen LogP contribution in [0.2, 0.25) is 0 Å². The first-order valence-electron chi connectivity index (χ1n) is 13.9. The maximum atomic E-state index is 12.5. The molecule has 3 heterocycles. The van der Waals surface area contributed by atoms with Crippen molar-refractivity contribution in [2.24, 2.45) is 0 Å². The van der Waals surface area contributed by atoms with Gasteiger partial charge in [0.05, 0.1) is 17.1 Å². The summed E-state index contributed by atoms with van der Waals surface area (Å²) >= 11 is 0. The second-order valence-corrected chi connectivity index (χ2v) is 10.4. The summed E-state index contributed by atoms with van der Waals surface area (Å²) in [6.07, 6.45) is 5.55. The molecule has 0 spiro atoms. The van der Waals surface area contributed by atoms with Gasteiger partial charge in [-0.1, -0.05) is 37.3 Å². The molecule has 9 heteroatoms. The summed E-state index contributed by atoms with van der Waals surface area (Å²) in [4.78, 5) is 29.0. The molecule has 0 saturated carbocycles. The van der Waals surface area contributed by atoms with Crippen LogP contribution in [0.25, 0.3) is 28.3 Å². The van der Waals surface area contributed by atoms with E-state index in [9.17, 15) is 4.79 Å². The quantitative estimate of drug-likeness (QED) is 0.191. The van der Waals surface area contributed by atoms with Crippen LogP contribution >= 0.6 is 0 Å². The molecule has 0 aliphatic rings. The number of benzene rings is 2. The SMILES string of the molecule is CCC(C)NC(=O)Nc1cccc(-c2nc3ccccn3c2-c2ccnc(Nc3cccc(CCN(C)C)c3)n2)c1. The lowest BCUT2D eigenvalue weighted by atomic mass is 10.1. The molecule has 0 saturated heterocycles. The monoisotopic (exact) mass is 548 g/mol. The molecule has 9 nitrogen and oxygen atoms in total. The fourth-order valence-corrected chi connectivity index (χ4v) is 4.52. The first kappa shape index (κ1) is 27.8. The number of urea groups is 1. The van der Waals surface area contributed by atoms with E-state index >= 15 is 0 Å². The topological polar surface area (TPSA) is 99.5 Å². The first-order valence-corrected chi connectivity index (χ1v) is 13.9. The Balaban J connectivity index is 1.47. The molecule has 1 atom stereocenters. The van der Waals surface area contributed by atoms with Crippen LogP contribution < -0.4 is 16.0 Å². The highest BCUT2D eigenvalue weighted by atomic mass is 16.2. The van der Waals surface area contributed by atoms with Crippen LogP contribution in [0, 0.1) is 0 Å². The van der Waals surface area contributed by atoms with Crippen molar-refractivity contribution >= 4 is 29.0 Å². The highest BCUT2D eigenvalue weighted by Gasteiger charge is 2.18. The highest BCUT2D eigenvalue weighted by Crippen LogP contribution is 2.33. The zero-order valence-electron chi connectivity index (χ0n) is 23.9. The van der Waals surface area contributed by atoms with E-state index in [0.717, 1.165) is 53.4 Å². The number of hydrogen-bond acceptors (Lipinski definition) is 6. The van der Waals surface area contributed by atoms with E-state index in [2.05, 4.69) is 52.1 Å². The average molecular weight is 549 g/mol. The number of anilines is 3. The predicted octanol–water partition coefficient (Wildman–Crippen LogP) is 6.23. The Kier molecular flexibility index (Phi) is 8.55. The first-order chi connectivity index (χ1) is 19.9. The van der Waals surface area contributed by atoms with Crippen LogP contribution in [0.3, 0.4) is 0 Å².